The summed E-state index contributed by atoms with van der Waals surface area (Å²) in [6.07, 6.45) is 3.08. The fraction of sp³-hybridized carbons (Fsp3) is 0.364. The zero-order chi connectivity index (χ0) is 22.2. The van der Waals surface area contributed by atoms with Crippen LogP contribution < -0.4 is 4.72 Å². The van der Waals surface area contributed by atoms with Crippen molar-refractivity contribution < 1.29 is 17.2 Å². The molecule has 0 bridgehead atoms. The number of aromatic nitrogens is 2. The standard InChI is InChI=1S/C22H22F2N4O2S/c1-14-5-10-19-20(13-25)21(28(22(19)26-14)17-3-2-4-17)15-6-8-18(9-7-15)31(29,30)27-16(11-23)12-24/h5-10,16-17,27H,2-4,11-12H2,1H3. The van der Waals surface area contributed by atoms with Gasteiger partial charge in [-0.15, -0.1) is 0 Å². The average molecular weight is 445 g/mol. The summed E-state index contributed by atoms with van der Waals surface area (Å²) >= 11 is 0. The number of halogens is 2. The molecule has 31 heavy (non-hydrogen) atoms. The molecule has 1 aliphatic rings. The fourth-order valence-electron chi connectivity index (χ4n) is 3.86. The minimum Gasteiger partial charge on any atom is -0.321 e. The second-order valence-corrected chi connectivity index (χ2v) is 9.48. The molecule has 1 fully saturated rings. The summed E-state index contributed by atoms with van der Waals surface area (Å²) in [7, 11) is -4.06. The lowest BCUT2D eigenvalue weighted by molar-refractivity contribution is 0.323. The molecule has 2 heterocycles. The predicted molar refractivity (Wildman–Crippen MR) is 114 cm³/mol. The Balaban J connectivity index is 1.82. The fourth-order valence-corrected chi connectivity index (χ4v) is 5.05. The predicted octanol–water partition coefficient (Wildman–Crippen LogP) is 4.19. The van der Waals surface area contributed by atoms with Gasteiger partial charge in [0.25, 0.3) is 0 Å². The number of fused-ring (bicyclic) bond motifs is 1. The Morgan fingerprint density at radius 2 is 1.87 bits per heavy atom. The Morgan fingerprint density at radius 1 is 1.19 bits per heavy atom. The Labute approximate surface area is 179 Å². The summed E-state index contributed by atoms with van der Waals surface area (Å²) in [5, 5.41) is 10.7. The van der Waals surface area contributed by atoms with E-state index in [2.05, 4.69) is 15.6 Å². The van der Waals surface area contributed by atoms with E-state index in [1.54, 1.807) is 12.1 Å². The van der Waals surface area contributed by atoms with Crippen molar-refractivity contribution in [1.82, 2.24) is 14.3 Å². The van der Waals surface area contributed by atoms with Gasteiger partial charge in [-0.25, -0.2) is 26.9 Å². The van der Waals surface area contributed by atoms with E-state index in [9.17, 15) is 22.5 Å². The van der Waals surface area contributed by atoms with Gasteiger partial charge >= 0.3 is 0 Å². The lowest BCUT2D eigenvalue weighted by Crippen LogP contribution is -2.37. The maximum Gasteiger partial charge on any atom is 0.240 e. The highest BCUT2D eigenvalue weighted by molar-refractivity contribution is 7.89. The zero-order valence-electron chi connectivity index (χ0n) is 17.0. The van der Waals surface area contributed by atoms with Crippen LogP contribution >= 0.6 is 0 Å². The van der Waals surface area contributed by atoms with Crippen molar-refractivity contribution >= 4 is 21.1 Å². The van der Waals surface area contributed by atoms with E-state index in [0.29, 0.717) is 16.8 Å². The largest absolute Gasteiger partial charge is 0.321 e. The number of nitrogens with one attached hydrogen (secondary N) is 1. The maximum atomic E-state index is 12.8. The summed E-state index contributed by atoms with van der Waals surface area (Å²) in [5.41, 5.74) is 3.50. The molecule has 0 radical (unpaired) electrons. The molecule has 0 amide bonds. The molecular weight excluding hydrogens is 422 g/mol. The molecule has 1 saturated carbocycles. The molecule has 4 rings (SSSR count). The molecule has 2 aromatic heterocycles. The molecule has 0 unspecified atom stereocenters. The highest BCUT2D eigenvalue weighted by Gasteiger charge is 2.29. The highest BCUT2D eigenvalue weighted by atomic mass is 32.2. The van der Waals surface area contributed by atoms with E-state index in [1.807, 2.05) is 23.8 Å². The molecule has 1 aromatic carbocycles. The van der Waals surface area contributed by atoms with Gasteiger partial charge in [-0.3, -0.25) is 0 Å². The number of aryl methyl sites for hydroxylation is 1. The average Bonchev–Trinajstić information content (AvgIpc) is 3.04. The van der Waals surface area contributed by atoms with Crippen LogP contribution in [-0.2, 0) is 10.0 Å². The number of benzene rings is 1. The van der Waals surface area contributed by atoms with Crippen molar-refractivity contribution in [1.29, 1.82) is 5.26 Å². The second-order valence-electron chi connectivity index (χ2n) is 7.77. The van der Waals surface area contributed by atoms with Crippen LogP contribution in [0.5, 0.6) is 0 Å². The Morgan fingerprint density at radius 3 is 2.42 bits per heavy atom. The first-order valence-corrected chi connectivity index (χ1v) is 11.5. The van der Waals surface area contributed by atoms with Crippen molar-refractivity contribution in [3.63, 3.8) is 0 Å². The first-order valence-electron chi connectivity index (χ1n) is 10.1. The number of nitriles is 1. The second kappa shape index (κ2) is 8.36. The molecule has 9 heteroatoms. The number of nitrogens with zero attached hydrogens (tertiary/aromatic N) is 3. The number of rotatable bonds is 7. The SMILES string of the molecule is Cc1ccc2c(C#N)c(-c3ccc(S(=O)(=O)NC(CF)CF)cc3)n(C3CCC3)c2n1. The van der Waals surface area contributed by atoms with Crippen LogP contribution in [0.1, 0.15) is 36.6 Å². The number of pyridine rings is 1. The van der Waals surface area contributed by atoms with Gasteiger partial charge < -0.3 is 4.57 Å². The first-order chi connectivity index (χ1) is 14.9. The molecule has 3 aromatic rings. The molecule has 0 atom stereocenters. The van der Waals surface area contributed by atoms with E-state index >= 15 is 0 Å². The van der Waals surface area contributed by atoms with Crippen LogP contribution in [0.15, 0.2) is 41.3 Å². The molecule has 0 saturated heterocycles. The third-order valence-corrected chi connectivity index (χ3v) is 7.21. The van der Waals surface area contributed by atoms with Gasteiger partial charge in [-0.1, -0.05) is 12.1 Å². The Kier molecular flexibility index (Phi) is 5.77. The molecular formula is C22H22F2N4O2S. The van der Waals surface area contributed by atoms with Gasteiger partial charge in [0.2, 0.25) is 10.0 Å². The van der Waals surface area contributed by atoms with Crippen LogP contribution in [-0.4, -0.2) is 37.4 Å². The first kappa shape index (κ1) is 21.4. The number of hydrogen-bond acceptors (Lipinski definition) is 4. The Bertz CT molecular complexity index is 1260. The van der Waals surface area contributed by atoms with E-state index in [4.69, 9.17) is 0 Å². The molecule has 0 spiro atoms. The van der Waals surface area contributed by atoms with Crippen molar-refractivity contribution in [2.45, 2.75) is 43.2 Å². The van der Waals surface area contributed by atoms with E-state index in [0.717, 1.165) is 36.0 Å². The summed E-state index contributed by atoms with van der Waals surface area (Å²) in [6, 6.07) is 10.9. The summed E-state index contributed by atoms with van der Waals surface area (Å²) in [4.78, 5) is 4.58. The van der Waals surface area contributed by atoms with Gasteiger partial charge in [0.1, 0.15) is 25.1 Å². The van der Waals surface area contributed by atoms with Gasteiger partial charge in [-0.05, 0) is 56.0 Å². The van der Waals surface area contributed by atoms with Crippen molar-refractivity contribution in [2.24, 2.45) is 0 Å². The lowest BCUT2D eigenvalue weighted by Gasteiger charge is -2.29. The molecule has 0 aliphatic heterocycles. The quantitative estimate of drug-likeness (QED) is 0.592. The zero-order valence-corrected chi connectivity index (χ0v) is 17.8. The van der Waals surface area contributed by atoms with Crippen LogP contribution in [0.4, 0.5) is 8.78 Å². The smallest absolute Gasteiger partial charge is 0.240 e. The lowest BCUT2D eigenvalue weighted by atomic mass is 9.92. The monoisotopic (exact) mass is 444 g/mol. The molecule has 6 nitrogen and oxygen atoms in total. The van der Waals surface area contributed by atoms with Crippen LogP contribution in [0.2, 0.25) is 0 Å². The third kappa shape index (κ3) is 3.82. The van der Waals surface area contributed by atoms with E-state index < -0.39 is 29.4 Å². The van der Waals surface area contributed by atoms with Gasteiger partial charge in [-0.2, -0.15) is 5.26 Å². The molecule has 162 valence electrons. The maximum absolute atomic E-state index is 12.8. The van der Waals surface area contributed by atoms with Crippen molar-refractivity contribution in [3.8, 4) is 17.3 Å². The van der Waals surface area contributed by atoms with E-state index in [-0.39, 0.29) is 10.9 Å². The minimum atomic E-state index is -4.06. The Hall–Kier alpha value is -2.83. The molecule has 1 N–H and O–H groups in total. The normalized spacial score (nSPS) is 14.7. The molecule has 1 aliphatic carbocycles. The van der Waals surface area contributed by atoms with Crippen molar-refractivity contribution in [3.05, 3.63) is 47.7 Å². The number of alkyl halides is 2. The van der Waals surface area contributed by atoms with Crippen LogP contribution in [0, 0.1) is 18.3 Å². The van der Waals surface area contributed by atoms with Gasteiger partial charge in [0, 0.05) is 17.1 Å². The third-order valence-electron chi connectivity index (χ3n) is 5.67. The summed E-state index contributed by atoms with van der Waals surface area (Å²) in [5.74, 6) is 0. The summed E-state index contributed by atoms with van der Waals surface area (Å²) in [6.45, 7) is -0.363. The van der Waals surface area contributed by atoms with Crippen LogP contribution in [0.3, 0.4) is 0 Å². The highest BCUT2D eigenvalue weighted by Crippen LogP contribution is 2.42. The van der Waals surface area contributed by atoms with Gasteiger partial charge in [0.15, 0.2) is 0 Å². The van der Waals surface area contributed by atoms with Crippen molar-refractivity contribution in [2.75, 3.05) is 13.3 Å². The van der Waals surface area contributed by atoms with Crippen LogP contribution in [0.25, 0.3) is 22.3 Å². The number of hydrogen-bond donors (Lipinski definition) is 1. The van der Waals surface area contributed by atoms with Gasteiger partial charge in [0.05, 0.1) is 22.2 Å². The minimum absolute atomic E-state index is 0.0954. The topological polar surface area (TPSA) is 87.8 Å². The van der Waals surface area contributed by atoms with E-state index in [1.165, 1.54) is 12.1 Å². The number of sulfonamides is 1. The summed E-state index contributed by atoms with van der Waals surface area (Å²) < 4.78 is 54.5.